The van der Waals surface area contributed by atoms with E-state index in [0.29, 0.717) is 15.9 Å². The molecule has 1 fully saturated rings. The molecule has 1 atom stereocenters. The minimum Gasteiger partial charge on any atom is -0.352 e. The number of rotatable bonds is 10. The number of alkyl halides is 3. The van der Waals surface area contributed by atoms with E-state index >= 15 is 0 Å². The fourth-order valence-electron chi connectivity index (χ4n) is 4.83. The molecule has 2 aromatic carbocycles. The summed E-state index contributed by atoms with van der Waals surface area (Å²) in [7, 11) is -4.25. The van der Waals surface area contributed by atoms with Crippen LogP contribution in [-0.2, 0) is 32.3 Å². The highest BCUT2D eigenvalue weighted by Crippen LogP contribution is 2.36. The maximum Gasteiger partial charge on any atom is 0.416 e. The Kier molecular flexibility index (Phi) is 10.5. The van der Waals surface area contributed by atoms with Gasteiger partial charge in [-0.3, -0.25) is 13.9 Å². The van der Waals surface area contributed by atoms with Gasteiger partial charge in [0.15, 0.2) is 0 Å². The van der Waals surface area contributed by atoms with Gasteiger partial charge in [-0.1, -0.05) is 67.6 Å². The highest BCUT2D eigenvalue weighted by atomic mass is 35.5. The molecule has 40 heavy (non-hydrogen) atoms. The van der Waals surface area contributed by atoms with Crippen LogP contribution in [0.4, 0.5) is 18.9 Å². The Bertz CT molecular complexity index is 1300. The molecule has 7 nitrogen and oxygen atoms in total. The molecule has 0 unspecified atom stereocenters. The molecule has 0 saturated heterocycles. The van der Waals surface area contributed by atoms with Crippen LogP contribution in [0.2, 0.25) is 5.02 Å². The van der Waals surface area contributed by atoms with Crippen molar-refractivity contribution in [2.45, 2.75) is 77.2 Å². The number of aryl methyl sites for hydroxylation is 1. The molecule has 3 rings (SSSR count). The first-order chi connectivity index (χ1) is 18.7. The molecule has 1 aliphatic rings. The lowest BCUT2D eigenvalue weighted by Gasteiger charge is -2.34. The first-order valence-electron chi connectivity index (χ1n) is 13.2. The Morgan fingerprint density at radius 1 is 1.07 bits per heavy atom. The summed E-state index contributed by atoms with van der Waals surface area (Å²) in [4.78, 5) is 28.5. The number of carbonyl (C=O) groups excluding carboxylic acids is 2. The number of carbonyl (C=O) groups is 2. The molecule has 2 amide bonds. The molecule has 12 heteroatoms. The van der Waals surface area contributed by atoms with Crippen LogP contribution in [0, 0.1) is 6.92 Å². The van der Waals surface area contributed by atoms with Crippen LogP contribution in [0.15, 0.2) is 42.5 Å². The summed E-state index contributed by atoms with van der Waals surface area (Å²) in [6.07, 6.45) is 1.04. The summed E-state index contributed by atoms with van der Waals surface area (Å²) < 4.78 is 66.4. The predicted octanol–water partition coefficient (Wildman–Crippen LogP) is 5.69. The molecule has 0 aromatic heterocycles. The summed E-state index contributed by atoms with van der Waals surface area (Å²) >= 11 is 6.14. The lowest BCUT2D eigenvalue weighted by atomic mass is 9.95. The van der Waals surface area contributed by atoms with Crippen molar-refractivity contribution in [2.75, 3.05) is 17.1 Å². The second-order valence-corrected chi connectivity index (χ2v) is 12.5. The zero-order chi connectivity index (χ0) is 29.7. The third kappa shape index (κ3) is 8.36. The van der Waals surface area contributed by atoms with Crippen molar-refractivity contribution in [3.8, 4) is 0 Å². The van der Waals surface area contributed by atoms with Crippen molar-refractivity contribution >= 4 is 39.1 Å². The summed E-state index contributed by atoms with van der Waals surface area (Å²) in [6, 6.07) is 8.67. The van der Waals surface area contributed by atoms with Crippen LogP contribution in [0.5, 0.6) is 0 Å². The number of halogens is 4. The first-order valence-corrected chi connectivity index (χ1v) is 15.4. The Hall–Kier alpha value is -2.79. The van der Waals surface area contributed by atoms with Gasteiger partial charge in [-0.25, -0.2) is 8.42 Å². The number of hydrogen-bond donors (Lipinski definition) is 1. The van der Waals surface area contributed by atoms with Crippen molar-refractivity contribution in [1.82, 2.24) is 10.2 Å². The number of sulfonamides is 1. The molecular weight excluding hydrogens is 567 g/mol. The van der Waals surface area contributed by atoms with Crippen molar-refractivity contribution in [3.05, 3.63) is 64.2 Å². The monoisotopic (exact) mass is 601 g/mol. The van der Waals surface area contributed by atoms with Gasteiger partial charge in [0.25, 0.3) is 0 Å². The standard InChI is InChI=1S/C28H35ClF3N3O4S/c1-4-24(27(37)33-22-8-6-5-7-9-22)34(17-20-12-10-19(2)11-13-20)26(36)18-35(40(3,38)39)25-16-21(28(30,31)32)14-15-23(25)29/h10-16,22,24H,4-9,17-18H2,1-3H3,(H,33,37)/t24-/m0/s1. The molecule has 2 aromatic rings. The van der Waals surface area contributed by atoms with E-state index in [0.717, 1.165) is 56.1 Å². The summed E-state index contributed by atoms with van der Waals surface area (Å²) in [5, 5.41) is 2.77. The van der Waals surface area contributed by atoms with Gasteiger partial charge in [0.1, 0.15) is 12.6 Å². The smallest absolute Gasteiger partial charge is 0.352 e. The molecule has 1 N–H and O–H groups in total. The Balaban J connectivity index is 1.98. The van der Waals surface area contributed by atoms with E-state index < -0.39 is 45.9 Å². The van der Waals surface area contributed by atoms with Gasteiger partial charge in [-0.2, -0.15) is 13.2 Å². The molecule has 0 radical (unpaired) electrons. The average molecular weight is 602 g/mol. The largest absolute Gasteiger partial charge is 0.416 e. The maximum absolute atomic E-state index is 13.8. The third-order valence-electron chi connectivity index (χ3n) is 7.03. The van der Waals surface area contributed by atoms with Gasteiger partial charge >= 0.3 is 6.18 Å². The fourth-order valence-corrected chi connectivity index (χ4v) is 5.95. The second kappa shape index (κ2) is 13.2. The highest BCUT2D eigenvalue weighted by molar-refractivity contribution is 7.92. The molecule has 0 aliphatic heterocycles. The van der Waals surface area contributed by atoms with Crippen molar-refractivity contribution in [3.63, 3.8) is 0 Å². The van der Waals surface area contributed by atoms with Gasteiger partial charge in [-0.15, -0.1) is 0 Å². The molecule has 0 bridgehead atoms. The SMILES string of the molecule is CC[C@@H](C(=O)NC1CCCCC1)N(Cc1ccc(C)cc1)C(=O)CN(c1cc(C(F)(F)F)ccc1Cl)S(C)(=O)=O. The van der Waals surface area contributed by atoms with E-state index in [9.17, 15) is 31.2 Å². The number of benzene rings is 2. The molecule has 0 spiro atoms. The summed E-state index contributed by atoms with van der Waals surface area (Å²) in [6.45, 7) is 2.82. The number of hydrogen-bond acceptors (Lipinski definition) is 4. The topological polar surface area (TPSA) is 86.8 Å². The van der Waals surface area contributed by atoms with Gasteiger partial charge in [0.2, 0.25) is 21.8 Å². The minimum atomic E-state index is -4.76. The van der Waals surface area contributed by atoms with Crippen LogP contribution < -0.4 is 9.62 Å². The summed E-state index contributed by atoms with van der Waals surface area (Å²) in [5.74, 6) is -1.09. The molecular formula is C28H35ClF3N3O4S. The first kappa shape index (κ1) is 31.7. The van der Waals surface area contributed by atoms with Crippen LogP contribution >= 0.6 is 11.6 Å². The Labute approximate surface area is 238 Å². The van der Waals surface area contributed by atoms with Gasteiger partial charge < -0.3 is 10.2 Å². The normalized spacial score (nSPS) is 15.4. The lowest BCUT2D eigenvalue weighted by molar-refractivity contribution is -0.140. The second-order valence-electron chi connectivity index (χ2n) is 10.2. The average Bonchev–Trinajstić information content (AvgIpc) is 2.88. The van der Waals surface area contributed by atoms with Gasteiger partial charge in [0.05, 0.1) is 22.5 Å². The maximum atomic E-state index is 13.8. The van der Waals surface area contributed by atoms with E-state index in [2.05, 4.69) is 5.32 Å². The minimum absolute atomic E-state index is 0.00360. The van der Waals surface area contributed by atoms with E-state index in [4.69, 9.17) is 11.6 Å². The number of nitrogens with one attached hydrogen (secondary N) is 1. The number of amides is 2. The number of nitrogens with zero attached hydrogens (tertiary/aromatic N) is 2. The van der Waals surface area contributed by atoms with Crippen molar-refractivity contribution in [2.24, 2.45) is 0 Å². The zero-order valence-electron chi connectivity index (χ0n) is 22.8. The Morgan fingerprint density at radius 2 is 1.70 bits per heavy atom. The quantitative estimate of drug-likeness (QED) is 0.379. The Morgan fingerprint density at radius 3 is 2.25 bits per heavy atom. The van der Waals surface area contributed by atoms with Crippen LogP contribution in [0.1, 0.15) is 62.1 Å². The molecule has 1 aliphatic carbocycles. The van der Waals surface area contributed by atoms with Gasteiger partial charge in [0, 0.05) is 12.6 Å². The molecule has 1 saturated carbocycles. The van der Waals surface area contributed by atoms with Crippen LogP contribution in [0.25, 0.3) is 0 Å². The number of anilines is 1. The predicted molar refractivity (Wildman–Crippen MR) is 149 cm³/mol. The van der Waals surface area contributed by atoms with Crippen molar-refractivity contribution in [1.29, 1.82) is 0 Å². The van der Waals surface area contributed by atoms with Crippen LogP contribution in [-0.4, -0.2) is 50.0 Å². The zero-order valence-corrected chi connectivity index (χ0v) is 24.4. The third-order valence-corrected chi connectivity index (χ3v) is 8.48. The van der Waals surface area contributed by atoms with Crippen LogP contribution in [0.3, 0.4) is 0 Å². The molecule has 0 heterocycles. The van der Waals surface area contributed by atoms with Gasteiger partial charge in [-0.05, 0) is 49.9 Å². The summed E-state index contributed by atoms with van der Waals surface area (Å²) in [5.41, 5.74) is 0.127. The highest BCUT2D eigenvalue weighted by Gasteiger charge is 2.35. The van der Waals surface area contributed by atoms with E-state index in [1.54, 1.807) is 19.1 Å². The van der Waals surface area contributed by atoms with E-state index in [-0.39, 0.29) is 29.9 Å². The van der Waals surface area contributed by atoms with E-state index in [1.165, 1.54) is 4.90 Å². The fraction of sp³-hybridized carbons (Fsp3) is 0.500. The van der Waals surface area contributed by atoms with Crippen molar-refractivity contribution < 1.29 is 31.2 Å². The van der Waals surface area contributed by atoms with E-state index in [1.807, 2.05) is 19.1 Å². The lowest BCUT2D eigenvalue weighted by Crippen LogP contribution is -2.54. The molecule has 220 valence electrons.